The summed E-state index contributed by atoms with van der Waals surface area (Å²) in [6, 6.07) is 0. The first-order valence-electron chi connectivity index (χ1n) is 2.46. The summed E-state index contributed by atoms with van der Waals surface area (Å²) in [5.74, 6) is 0. The number of alkyl halides is 1. The maximum Gasteiger partial charge on any atom is 0.197 e. The third kappa shape index (κ3) is 0.844. The Bertz CT molecular complexity index is 96.6. The largest absolute Gasteiger partial charge is 0.253 e. The third-order valence-corrected chi connectivity index (χ3v) is 1.24. The first kappa shape index (κ1) is 4.88. The van der Waals surface area contributed by atoms with Crippen molar-refractivity contribution >= 4 is 7.28 Å². The molecule has 0 saturated carbocycles. The lowest BCUT2D eigenvalue weighted by molar-refractivity contribution is 0.280. The van der Waals surface area contributed by atoms with Crippen LogP contribution in [0.1, 0.15) is 13.3 Å². The van der Waals surface area contributed by atoms with Gasteiger partial charge in [0.25, 0.3) is 0 Å². The highest BCUT2D eigenvalue weighted by atomic mass is 19.1. The first-order valence-corrected chi connectivity index (χ1v) is 2.46. The Balaban J connectivity index is 2.43. The van der Waals surface area contributed by atoms with Gasteiger partial charge in [-0.15, -0.1) is 12.1 Å². The maximum atomic E-state index is 12.4. The standard InChI is InChI=1S/C5H8BF/c1-4-3-5(2,7)6-4/h6H,1,3H2,2H3. The minimum Gasteiger partial charge on any atom is -0.253 e. The van der Waals surface area contributed by atoms with Crippen molar-refractivity contribution in [3.8, 4) is 0 Å². The van der Waals surface area contributed by atoms with Crippen molar-refractivity contribution in [2.75, 3.05) is 0 Å². The van der Waals surface area contributed by atoms with Gasteiger partial charge in [0.2, 0.25) is 0 Å². The normalized spacial score (nSPS) is 39.4. The first-order chi connectivity index (χ1) is 3.10. The van der Waals surface area contributed by atoms with Gasteiger partial charge in [-0.1, -0.05) is 0 Å². The van der Waals surface area contributed by atoms with Gasteiger partial charge in [-0.05, 0) is 13.3 Å². The number of rotatable bonds is 0. The molecule has 1 unspecified atom stereocenters. The zero-order chi connectivity index (χ0) is 5.49. The molecule has 0 bridgehead atoms. The molecule has 1 atom stereocenters. The number of allylic oxidation sites excluding steroid dienone is 1. The molecule has 0 spiro atoms. The van der Waals surface area contributed by atoms with Gasteiger partial charge < -0.3 is 0 Å². The van der Waals surface area contributed by atoms with Gasteiger partial charge in [-0.25, -0.2) is 0 Å². The molecule has 1 rings (SSSR count). The van der Waals surface area contributed by atoms with Crippen LogP contribution in [0.15, 0.2) is 12.1 Å². The Morgan fingerprint density at radius 1 is 2.00 bits per heavy atom. The average Bonchev–Trinajstić information content (AvgIpc) is 1.27. The number of hydrogen-bond donors (Lipinski definition) is 0. The predicted molar refractivity (Wildman–Crippen MR) is 30.4 cm³/mol. The summed E-state index contributed by atoms with van der Waals surface area (Å²) in [6.45, 7) is 5.23. The molecule has 0 aliphatic carbocycles. The molecule has 1 saturated heterocycles. The quantitative estimate of drug-likeness (QED) is 0.397. The van der Waals surface area contributed by atoms with E-state index in [4.69, 9.17) is 0 Å². The SMILES string of the molecule is C=C1BC(C)(F)C1. The summed E-state index contributed by atoms with van der Waals surface area (Å²) in [5, 5.41) is 0. The fourth-order valence-corrected chi connectivity index (χ4v) is 0.991. The predicted octanol–water partition coefficient (Wildman–Crippen LogP) is 1.03. The smallest absolute Gasteiger partial charge is 0.197 e. The van der Waals surface area contributed by atoms with Crippen LogP contribution >= 0.6 is 0 Å². The molecule has 7 heavy (non-hydrogen) atoms. The third-order valence-electron chi connectivity index (χ3n) is 1.24. The van der Waals surface area contributed by atoms with Crippen molar-refractivity contribution < 1.29 is 4.39 Å². The second-order valence-corrected chi connectivity index (χ2v) is 2.52. The second-order valence-electron chi connectivity index (χ2n) is 2.52. The van der Waals surface area contributed by atoms with Gasteiger partial charge in [-0.2, -0.15) is 0 Å². The van der Waals surface area contributed by atoms with E-state index in [1.165, 1.54) is 0 Å². The molecular formula is C5H8BF. The minimum absolute atomic E-state index is 0.576. The molecule has 1 aliphatic rings. The van der Waals surface area contributed by atoms with Crippen molar-refractivity contribution in [1.82, 2.24) is 0 Å². The summed E-state index contributed by atoms with van der Waals surface area (Å²) in [7, 11) is 0.576. The number of hydrogen-bond acceptors (Lipinski definition) is 0. The molecule has 1 aliphatic heterocycles. The second kappa shape index (κ2) is 1.12. The van der Waals surface area contributed by atoms with E-state index in [2.05, 4.69) is 6.58 Å². The van der Waals surface area contributed by atoms with Crippen LogP contribution in [-0.4, -0.2) is 12.8 Å². The van der Waals surface area contributed by atoms with Gasteiger partial charge in [-0.3, -0.25) is 4.39 Å². The Kier molecular flexibility index (Phi) is 0.778. The molecule has 1 fully saturated rings. The van der Waals surface area contributed by atoms with E-state index >= 15 is 0 Å². The van der Waals surface area contributed by atoms with E-state index in [1.54, 1.807) is 6.92 Å². The fourth-order valence-electron chi connectivity index (χ4n) is 0.991. The van der Waals surface area contributed by atoms with Crippen LogP contribution in [0.25, 0.3) is 0 Å². The van der Waals surface area contributed by atoms with Gasteiger partial charge in [0.15, 0.2) is 7.28 Å². The van der Waals surface area contributed by atoms with Crippen LogP contribution in [0, 0.1) is 0 Å². The Morgan fingerprint density at radius 2 is 2.43 bits per heavy atom. The monoisotopic (exact) mass is 98.1 g/mol. The van der Waals surface area contributed by atoms with Crippen molar-refractivity contribution in [2.24, 2.45) is 0 Å². The Hall–Kier alpha value is -0.265. The summed E-state index contributed by atoms with van der Waals surface area (Å²) < 4.78 is 12.4. The van der Waals surface area contributed by atoms with Gasteiger partial charge in [0, 0.05) is 0 Å². The highest BCUT2D eigenvalue weighted by Crippen LogP contribution is 2.30. The topological polar surface area (TPSA) is 0 Å². The molecule has 0 nitrogen and oxygen atoms in total. The molecule has 0 amide bonds. The van der Waals surface area contributed by atoms with Crippen LogP contribution in [-0.2, 0) is 0 Å². The van der Waals surface area contributed by atoms with Crippen molar-refractivity contribution in [3.05, 3.63) is 12.1 Å². The maximum absolute atomic E-state index is 12.4. The van der Waals surface area contributed by atoms with Crippen LogP contribution in [0.2, 0.25) is 0 Å². The lowest BCUT2D eigenvalue weighted by Gasteiger charge is -2.30. The zero-order valence-electron chi connectivity index (χ0n) is 4.50. The van der Waals surface area contributed by atoms with E-state index in [0.717, 1.165) is 5.47 Å². The number of halogens is 1. The van der Waals surface area contributed by atoms with Gasteiger partial charge in [0.1, 0.15) is 0 Å². The lowest BCUT2D eigenvalue weighted by atomic mass is 9.43. The van der Waals surface area contributed by atoms with E-state index in [0.29, 0.717) is 13.7 Å². The van der Waals surface area contributed by atoms with Gasteiger partial charge >= 0.3 is 0 Å². The molecule has 0 aromatic heterocycles. The average molecular weight is 97.9 g/mol. The summed E-state index contributed by atoms with van der Waals surface area (Å²) in [5.41, 5.74) is 0.141. The van der Waals surface area contributed by atoms with E-state index in [-0.39, 0.29) is 0 Å². The van der Waals surface area contributed by atoms with E-state index < -0.39 is 5.57 Å². The molecule has 0 aromatic rings. The molecule has 0 aromatic carbocycles. The van der Waals surface area contributed by atoms with Crippen LogP contribution in [0.3, 0.4) is 0 Å². The van der Waals surface area contributed by atoms with Crippen LogP contribution in [0.4, 0.5) is 4.39 Å². The molecule has 0 radical (unpaired) electrons. The highest BCUT2D eigenvalue weighted by molar-refractivity contribution is 6.53. The molecular weight excluding hydrogens is 89.9 g/mol. The Morgan fingerprint density at radius 3 is 2.43 bits per heavy atom. The van der Waals surface area contributed by atoms with E-state index in [9.17, 15) is 4.39 Å². The van der Waals surface area contributed by atoms with Crippen molar-refractivity contribution in [3.63, 3.8) is 0 Å². The molecule has 38 valence electrons. The molecule has 2 heteroatoms. The van der Waals surface area contributed by atoms with Crippen molar-refractivity contribution in [1.29, 1.82) is 0 Å². The Labute approximate surface area is 43.7 Å². The fraction of sp³-hybridized carbons (Fsp3) is 0.600. The minimum atomic E-state index is -0.906. The summed E-state index contributed by atoms with van der Waals surface area (Å²) >= 11 is 0. The van der Waals surface area contributed by atoms with Crippen LogP contribution in [0.5, 0.6) is 0 Å². The van der Waals surface area contributed by atoms with Crippen molar-refractivity contribution in [2.45, 2.75) is 18.9 Å². The zero-order valence-corrected chi connectivity index (χ0v) is 4.50. The summed E-state index contributed by atoms with van der Waals surface area (Å²) in [4.78, 5) is 0. The summed E-state index contributed by atoms with van der Waals surface area (Å²) in [6.07, 6.45) is 0.576. The lowest BCUT2D eigenvalue weighted by Crippen LogP contribution is -2.39. The highest BCUT2D eigenvalue weighted by Gasteiger charge is 2.35. The molecule has 1 heterocycles. The van der Waals surface area contributed by atoms with Gasteiger partial charge in [0.05, 0.1) is 5.57 Å². The van der Waals surface area contributed by atoms with Crippen LogP contribution < -0.4 is 0 Å². The van der Waals surface area contributed by atoms with E-state index in [1.807, 2.05) is 0 Å². The molecule has 0 N–H and O–H groups in total.